The van der Waals surface area contributed by atoms with Gasteiger partial charge in [0.2, 0.25) is 0 Å². The molecule has 0 spiro atoms. The zero-order valence-electron chi connectivity index (χ0n) is 6.04. The van der Waals surface area contributed by atoms with E-state index in [0.29, 0.717) is 5.02 Å². The van der Waals surface area contributed by atoms with E-state index in [-0.39, 0.29) is 0 Å². The van der Waals surface area contributed by atoms with Gasteiger partial charge in [0, 0.05) is 5.56 Å². The van der Waals surface area contributed by atoms with E-state index in [4.69, 9.17) is 11.6 Å². The van der Waals surface area contributed by atoms with E-state index in [2.05, 4.69) is 16.1 Å². The predicted molar refractivity (Wildman–Crippen MR) is 44.9 cm³/mol. The maximum Gasteiger partial charge on any atom is 0.106 e. The quantitative estimate of drug-likeness (QED) is 0.490. The molecule has 0 aliphatic heterocycles. The number of hydrogen-bond donors (Lipinski definition) is 0. The van der Waals surface area contributed by atoms with Gasteiger partial charge in [0.25, 0.3) is 0 Å². The number of hydrogen-bond acceptors (Lipinski definition) is 2. The summed E-state index contributed by atoms with van der Waals surface area (Å²) in [5.74, 6) is 0. The van der Waals surface area contributed by atoms with Crippen LogP contribution in [0.2, 0.25) is 5.02 Å². The summed E-state index contributed by atoms with van der Waals surface area (Å²) in [4.78, 5) is 4.50. The highest BCUT2D eigenvalue weighted by atomic mass is 35.5. The molecule has 0 unspecified atom stereocenters. The molecule has 0 saturated carbocycles. The van der Waals surface area contributed by atoms with Crippen molar-refractivity contribution in [3.63, 3.8) is 0 Å². The van der Waals surface area contributed by atoms with Crippen LogP contribution in [0, 0.1) is 6.07 Å². The van der Waals surface area contributed by atoms with E-state index in [0.717, 1.165) is 5.56 Å². The molecule has 0 saturated heterocycles. The minimum absolute atomic E-state index is 0.619. The second kappa shape index (κ2) is 3.98. The van der Waals surface area contributed by atoms with Crippen molar-refractivity contribution < 1.29 is 4.84 Å². The van der Waals surface area contributed by atoms with Crippen molar-refractivity contribution in [3.8, 4) is 0 Å². The first-order chi connectivity index (χ1) is 5.34. The first-order valence-corrected chi connectivity index (χ1v) is 3.44. The van der Waals surface area contributed by atoms with Crippen LogP contribution in [0.1, 0.15) is 5.56 Å². The van der Waals surface area contributed by atoms with Crippen molar-refractivity contribution in [1.82, 2.24) is 0 Å². The van der Waals surface area contributed by atoms with Crippen LogP contribution in [0.3, 0.4) is 0 Å². The van der Waals surface area contributed by atoms with Gasteiger partial charge in [-0.3, -0.25) is 0 Å². The van der Waals surface area contributed by atoms with Crippen molar-refractivity contribution in [2.45, 2.75) is 0 Å². The molecular weight excluding hydrogens is 162 g/mol. The highest BCUT2D eigenvalue weighted by Gasteiger charge is 1.92. The van der Waals surface area contributed by atoms with Gasteiger partial charge in [0.15, 0.2) is 0 Å². The zero-order valence-corrected chi connectivity index (χ0v) is 6.80. The van der Waals surface area contributed by atoms with Gasteiger partial charge in [-0.05, 0) is 12.1 Å². The van der Waals surface area contributed by atoms with Crippen LogP contribution in [0.25, 0.3) is 0 Å². The van der Waals surface area contributed by atoms with Crippen LogP contribution >= 0.6 is 11.6 Å². The van der Waals surface area contributed by atoms with Crippen molar-refractivity contribution in [2.75, 3.05) is 7.11 Å². The average Bonchev–Trinajstić information content (AvgIpc) is 2.03. The number of nitrogens with zero attached hydrogens (tertiary/aromatic N) is 1. The second-order valence-electron chi connectivity index (χ2n) is 1.86. The molecule has 57 valence electrons. The monoisotopic (exact) mass is 168 g/mol. The molecule has 0 aromatic heterocycles. The Balaban J connectivity index is 2.86. The van der Waals surface area contributed by atoms with Gasteiger partial charge in [0.05, 0.1) is 11.2 Å². The molecule has 0 aliphatic carbocycles. The Hall–Kier alpha value is -1.02. The largest absolute Gasteiger partial charge is 0.399 e. The average molecular weight is 169 g/mol. The Bertz CT molecular complexity index is 260. The summed E-state index contributed by atoms with van der Waals surface area (Å²) in [6, 6.07) is 8.10. The van der Waals surface area contributed by atoms with Crippen LogP contribution in [0.4, 0.5) is 0 Å². The van der Waals surface area contributed by atoms with E-state index in [9.17, 15) is 0 Å². The third-order valence-electron chi connectivity index (χ3n) is 1.14. The van der Waals surface area contributed by atoms with Crippen LogP contribution in [-0.2, 0) is 4.84 Å². The first-order valence-electron chi connectivity index (χ1n) is 3.06. The number of oxime groups is 1. The molecule has 0 atom stereocenters. The van der Waals surface area contributed by atoms with Crippen molar-refractivity contribution in [3.05, 3.63) is 34.9 Å². The Labute approximate surface area is 70.4 Å². The van der Waals surface area contributed by atoms with Crippen LogP contribution < -0.4 is 0 Å². The SMILES string of the molecule is CO/N=C/c1cc[c]cc1Cl. The Morgan fingerprint density at radius 1 is 1.73 bits per heavy atom. The third-order valence-corrected chi connectivity index (χ3v) is 1.47. The molecule has 11 heavy (non-hydrogen) atoms. The van der Waals surface area contributed by atoms with E-state index in [1.807, 2.05) is 6.07 Å². The maximum absolute atomic E-state index is 5.78. The number of benzene rings is 1. The summed E-state index contributed by atoms with van der Waals surface area (Å²) >= 11 is 5.78. The minimum atomic E-state index is 0.619. The van der Waals surface area contributed by atoms with Gasteiger partial charge in [0.1, 0.15) is 7.11 Å². The smallest absolute Gasteiger partial charge is 0.106 e. The van der Waals surface area contributed by atoms with Crippen molar-refractivity contribution in [1.29, 1.82) is 0 Å². The van der Waals surface area contributed by atoms with Gasteiger partial charge >= 0.3 is 0 Å². The highest BCUT2D eigenvalue weighted by molar-refractivity contribution is 6.33. The molecule has 0 N–H and O–H groups in total. The summed E-state index contributed by atoms with van der Waals surface area (Å²) in [6.45, 7) is 0. The minimum Gasteiger partial charge on any atom is -0.399 e. The lowest BCUT2D eigenvalue weighted by Crippen LogP contribution is -1.82. The molecule has 0 aliphatic rings. The third kappa shape index (κ3) is 2.24. The molecule has 1 aromatic rings. The van der Waals surface area contributed by atoms with E-state index >= 15 is 0 Å². The topological polar surface area (TPSA) is 21.6 Å². The fraction of sp³-hybridized carbons (Fsp3) is 0.125. The second-order valence-corrected chi connectivity index (χ2v) is 2.27. The lowest BCUT2D eigenvalue weighted by Gasteiger charge is -1.93. The van der Waals surface area contributed by atoms with Crippen molar-refractivity contribution >= 4 is 17.8 Å². The van der Waals surface area contributed by atoms with E-state index in [1.54, 1.807) is 18.3 Å². The zero-order chi connectivity index (χ0) is 8.10. The summed E-state index contributed by atoms with van der Waals surface area (Å²) in [5.41, 5.74) is 0.826. The summed E-state index contributed by atoms with van der Waals surface area (Å²) in [6.07, 6.45) is 1.55. The highest BCUT2D eigenvalue weighted by Crippen LogP contribution is 2.11. The molecule has 0 heterocycles. The molecule has 1 aromatic carbocycles. The van der Waals surface area contributed by atoms with Crippen LogP contribution in [-0.4, -0.2) is 13.3 Å². The Kier molecular flexibility index (Phi) is 2.93. The molecule has 0 amide bonds. The predicted octanol–water partition coefficient (Wildman–Crippen LogP) is 2.12. The van der Waals surface area contributed by atoms with Gasteiger partial charge in [-0.2, -0.15) is 0 Å². The van der Waals surface area contributed by atoms with Crippen molar-refractivity contribution in [2.24, 2.45) is 5.16 Å². The van der Waals surface area contributed by atoms with Gasteiger partial charge in [-0.15, -0.1) is 0 Å². The standard InChI is InChI=1S/C8H7ClNO/c1-11-10-6-7-4-2-3-5-8(7)9/h2,4-6H,1H3/b10-6+. The fourth-order valence-corrected chi connectivity index (χ4v) is 0.811. The molecule has 0 fully saturated rings. The number of halogens is 1. The molecule has 2 nitrogen and oxygen atoms in total. The maximum atomic E-state index is 5.78. The van der Waals surface area contributed by atoms with Gasteiger partial charge < -0.3 is 4.84 Å². The molecule has 1 rings (SSSR count). The van der Waals surface area contributed by atoms with Gasteiger partial charge in [-0.1, -0.05) is 28.9 Å². The lowest BCUT2D eigenvalue weighted by atomic mass is 10.2. The van der Waals surface area contributed by atoms with Gasteiger partial charge in [-0.25, -0.2) is 0 Å². The molecular formula is C8H7ClNO. The Morgan fingerprint density at radius 3 is 3.18 bits per heavy atom. The lowest BCUT2D eigenvalue weighted by molar-refractivity contribution is 0.215. The van der Waals surface area contributed by atoms with Crippen LogP contribution in [0.5, 0.6) is 0 Å². The Morgan fingerprint density at radius 2 is 2.55 bits per heavy atom. The fourth-order valence-electron chi connectivity index (χ4n) is 0.636. The van der Waals surface area contributed by atoms with Crippen LogP contribution in [0.15, 0.2) is 23.4 Å². The van der Waals surface area contributed by atoms with E-state index in [1.165, 1.54) is 7.11 Å². The normalized spacial score (nSPS) is 10.4. The van der Waals surface area contributed by atoms with E-state index < -0.39 is 0 Å². The number of rotatable bonds is 2. The summed E-state index contributed by atoms with van der Waals surface area (Å²) in [7, 11) is 1.49. The molecule has 3 heteroatoms. The summed E-state index contributed by atoms with van der Waals surface area (Å²) < 4.78 is 0. The first kappa shape index (κ1) is 8.08. The molecule has 1 radical (unpaired) electrons. The summed E-state index contributed by atoms with van der Waals surface area (Å²) in [5, 5.41) is 4.20. The molecule has 0 bridgehead atoms.